The van der Waals surface area contributed by atoms with E-state index in [-0.39, 0.29) is 6.71 Å². The molecule has 2 aliphatic carbocycles. The van der Waals surface area contributed by atoms with Crippen LogP contribution in [0.5, 0.6) is 0 Å². The average Bonchev–Trinajstić information content (AvgIpc) is 3.04. The van der Waals surface area contributed by atoms with Crippen molar-refractivity contribution in [3.63, 3.8) is 0 Å². The Bertz CT molecular complexity index is 1620. The molecule has 236 valence electrons. The second kappa shape index (κ2) is 14.8. The molecule has 0 radical (unpaired) electrons. The predicted octanol–water partition coefficient (Wildman–Crippen LogP) is 8.96. The van der Waals surface area contributed by atoms with Crippen LogP contribution in [0.3, 0.4) is 0 Å². The Hall–Kier alpha value is -3.07. The highest BCUT2D eigenvalue weighted by Crippen LogP contribution is 2.55. The maximum atomic E-state index is 3.84. The van der Waals surface area contributed by atoms with Crippen molar-refractivity contribution in [1.82, 2.24) is 0 Å². The van der Waals surface area contributed by atoms with Crippen LogP contribution in [-0.2, 0) is 0 Å². The monoisotopic (exact) mass is 623 g/mol. The third-order valence-corrected chi connectivity index (χ3v) is 15.0. The van der Waals surface area contributed by atoms with Crippen LogP contribution in [0, 0.1) is 53.4 Å². The molecule has 0 bridgehead atoms. The van der Waals surface area contributed by atoms with E-state index in [9.17, 15) is 0 Å². The standard InChI is InChI=1S/C44H52BP/c1-31-27-33(3)43(34(4)28-31)45(44-35(5)29-32(2)30-36(44)6)41-23-15-13-17-37(41)25-26-38-18-14-16-24-42(38)46(39-19-9-7-10-20-39)40-21-11-8-12-22-40/h13-18,23-24,27-30,39-40H,7-12,19-22H2,1-6H3/p+1. The van der Waals surface area contributed by atoms with Crippen LogP contribution >= 0.6 is 7.92 Å². The van der Waals surface area contributed by atoms with Crippen LogP contribution in [0.15, 0.2) is 72.8 Å². The van der Waals surface area contributed by atoms with E-state index >= 15 is 0 Å². The molecular weight excluding hydrogens is 570 g/mol. The quantitative estimate of drug-likeness (QED) is 0.114. The summed E-state index contributed by atoms with van der Waals surface area (Å²) in [5, 5.41) is 1.63. The lowest BCUT2D eigenvalue weighted by molar-refractivity contribution is 0.487. The Morgan fingerprint density at radius 3 is 1.43 bits per heavy atom. The van der Waals surface area contributed by atoms with Crippen LogP contribution < -0.4 is 21.7 Å². The molecule has 0 saturated heterocycles. The highest BCUT2D eigenvalue weighted by Gasteiger charge is 2.40. The number of benzene rings is 4. The molecule has 0 aromatic heterocycles. The minimum Gasteiger partial charge on any atom is -0.0657 e. The van der Waals surface area contributed by atoms with E-state index in [1.165, 1.54) is 120 Å². The van der Waals surface area contributed by atoms with E-state index in [4.69, 9.17) is 0 Å². The van der Waals surface area contributed by atoms with Gasteiger partial charge in [0.15, 0.2) is 0 Å². The minimum absolute atomic E-state index is 0.131. The van der Waals surface area contributed by atoms with Gasteiger partial charge in [0.05, 0.1) is 16.9 Å². The summed E-state index contributed by atoms with van der Waals surface area (Å²) in [5.41, 5.74) is 16.5. The Balaban J connectivity index is 1.49. The van der Waals surface area contributed by atoms with Gasteiger partial charge in [0.2, 0.25) is 6.71 Å². The fraction of sp³-hybridized carbons (Fsp3) is 0.409. The van der Waals surface area contributed by atoms with E-state index in [1.807, 2.05) is 0 Å². The number of hydrogen-bond donors (Lipinski definition) is 0. The molecule has 0 amide bonds. The first-order valence-electron chi connectivity index (χ1n) is 18.0. The van der Waals surface area contributed by atoms with E-state index in [2.05, 4.69) is 126 Å². The summed E-state index contributed by atoms with van der Waals surface area (Å²) < 4.78 is 0. The fourth-order valence-electron chi connectivity index (χ4n) is 9.19. The third-order valence-electron chi connectivity index (χ3n) is 11.0. The predicted molar refractivity (Wildman–Crippen MR) is 207 cm³/mol. The SMILES string of the molecule is Cc1cc(C)c(B(c2ccccc2C#Cc2ccccc2[PH+](C2CCCCC2)C2CCCCC2)c2c(C)cc(C)cc2C)c(C)c1. The van der Waals surface area contributed by atoms with Crippen molar-refractivity contribution in [3.05, 3.63) is 117 Å². The molecule has 6 rings (SSSR count). The lowest BCUT2D eigenvalue weighted by Crippen LogP contribution is -2.56. The largest absolute Gasteiger partial charge is 0.244 e. The van der Waals surface area contributed by atoms with Crippen LogP contribution in [-0.4, -0.2) is 18.0 Å². The van der Waals surface area contributed by atoms with Gasteiger partial charge in [-0.2, -0.15) is 0 Å². The maximum absolute atomic E-state index is 3.84. The fourth-order valence-corrected chi connectivity index (χ4v) is 13.5. The molecule has 4 aromatic rings. The first kappa shape index (κ1) is 32.9. The molecule has 2 heteroatoms. The molecule has 0 heterocycles. The average molecular weight is 624 g/mol. The van der Waals surface area contributed by atoms with Crippen molar-refractivity contribution in [2.24, 2.45) is 0 Å². The molecule has 0 spiro atoms. The molecule has 0 unspecified atom stereocenters. The Labute approximate surface area is 281 Å². The molecule has 0 N–H and O–H groups in total. The van der Waals surface area contributed by atoms with Crippen LogP contribution in [0.1, 0.15) is 109 Å². The molecule has 4 aromatic carbocycles. The van der Waals surface area contributed by atoms with Gasteiger partial charge in [-0.3, -0.25) is 0 Å². The van der Waals surface area contributed by atoms with Gasteiger partial charge in [-0.1, -0.05) is 129 Å². The van der Waals surface area contributed by atoms with Gasteiger partial charge in [0.25, 0.3) is 0 Å². The van der Waals surface area contributed by atoms with Crippen LogP contribution in [0.25, 0.3) is 0 Å². The van der Waals surface area contributed by atoms with Crippen LogP contribution in [0.4, 0.5) is 0 Å². The molecule has 2 saturated carbocycles. The van der Waals surface area contributed by atoms with Gasteiger partial charge in [-0.15, -0.1) is 0 Å². The van der Waals surface area contributed by atoms with Crippen molar-refractivity contribution < 1.29 is 0 Å². The van der Waals surface area contributed by atoms with Gasteiger partial charge in [-0.05, 0) is 111 Å². The zero-order chi connectivity index (χ0) is 32.2. The normalized spacial score (nSPS) is 15.9. The summed E-state index contributed by atoms with van der Waals surface area (Å²) in [5.74, 6) is 7.66. The highest BCUT2D eigenvalue weighted by atomic mass is 31.1. The highest BCUT2D eigenvalue weighted by molar-refractivity contribution is 7.67. The molecule has 0 aliphatic heterocycles. The summed E-state index contributed by atoms with van der Waals surface area (Å²) in [7, 11) is -0.700. The lowest BCUT2D eigenvalue weighted by atomic mass is 9.33. The van der Waals surface area contributed by atoms with Gasteiger partial charge in [-0.25, -0.2) is 0 Å². The lowest BCUT2D eigenvalue weighted by Gasteiger charge is -2.32. The summed E-state index contributed by atoms with van der Waals surface area (Å²) >= 11 is 0. The van der Waals surface area contributed by atoms with Gasteiger partial charge in [0, 0.05) is 13.5 Å². The molecule has 0 nitrogen and oxygen atoms in total. The minimum atomic E-state index is -0.700. The van der Waals surface area contributed by atoms with E-state index in [1.54, 1.807) is 5.30 Å². The zero-order valence-corrected chi connectivity index (χ0v) is 30.2. The van der Waals surface area contributed by atoms with Crippen molar-refractivity contribution in [2.45, 2.75) is 117 Å². The van der Waals surface area contributed by atoms with Crippen molar-refractivity contribution in [2.75, 3.05) is 0 Å². The van der Waals surface area contributed by atoms with E-state index in [0.717, 1.165) is 16.9 Å². The third kappa shape index (κ3) is 7.09. The second-order valence-electron chi connectivity index (χ2n) is 14.6. The summed E-state index contributed by atoms with van der Waals surface area (Å²) in [6.45, 7) is 13.8. The summed E-state index contributed by atoms with van der Waals surface area (Å²) in [4.78, 5) is 0. The number of rotatable bonds is 6. The first-order valence-corrected chi connectivity index (χ1v) is 19.7. The summed E-state index contributed by atoms with van der Waals surface area (Å²) in [6, 6.07) is 27.8. The van der Waals surface area contributed by atoms with Gasteiger partial charge < -0.3 is 0 Å². The Morgan fingerprint density at radius 2 is 0.935 bits per heavy atom. The van der Waals surface area contributed by atoms with Crippen molar-refractivity contribution in [3.8, 4) is 11.8 Å². The smallest absolute Gasteiger partial charge is 0.0657 e. The van der Waals surface area contributed by atoms with Gasteiger partial charge >= 0.3 is 0 Å². The zero-order valence-electron chi connectivity index (χ0n) is 29.2. The Morgan fingerprint density at radius 1 is 0.522 bits per heavy atom. The molecule has 2 aliphatic rings. The van der Waals surface area contributed by atoms with Crippen LogP contribution in [0.2, 0.25) is 0 Å². The maximum Gasteiger partial charge on any atom is 0.244 e. The Kier molecular flexibility index (Phi) is 10.6. The topological polar surface area (TPSA) is 0 Å². The van der Waals surface area contributed by atoms with E-state index in [0.29, 0.717) is 0 Å². The number of aryl methyl sites for hydroxylation is 6. The van der Waals surface area contributed by atoms with Crippen molar-refractivity contribution >= 4 is 36.3 Å². The first-order chi connectivity index (χ1) is 22.3. The van der Waals surface area contributed by atoms with Gasteiger partial charge in [0.1, 0.15) is 5.30 Å². The molecule has 2 fully saturated rings. The molecule has 0 atom stereocenters. The number of hydrogen-bond acceptors (Lipinski definition) is 0. The van der Waals surface area contributed by atoms with E-state index < -0.39 is 7.92 Å². The summed E-state index contributed by atoms with van der Waals surface area (Å²) in [6.07, 6.45) is 14.3. The second-order valence-corrected chi connectivity index (χ2v) is 17.6. The van der Waals surface area contributed by atoms with Crippen molar-refractivity contribution in [1.29, 1.82) is 0 Å². The molecule has 46 heavy (non-hydrogen) atoms. The molecular formula is C44H53BP+.